The molecule has 0 radical (unpaired) electrons. The van der Waals surface area contributed by atoms with Crippen LogP contribution in [0, 0.1) is 0 Å². The molecular formula is C19H24OSi. The number of aliphatic hydroxyl groups is 1. The van der Waals surface area contributed by atoms with Gasteiger partial charge < -0.3 is 5.11 Å². The van der Waals surface area contributed by atoms with Crippen LogP contribution in [-0.4, -0.2) is 19.8 Å². The van der Waals surface area contributed by atoms with Crippen molar-refractivity contribution < 1.29 is 5.11 Å². The van der Waals surface area contributed by atoms with Crippen molar-refractivity contribution in [3.8, 4) is 0 Å². The third kappa shape index (κ3) is 3.93. The van der Waals surface area contributed by atoms with Crippen molar-refractivity contribution >= 4 is 18.5 Å². The van der Waals surface area contributed by atoms with Gasteiger partial charge in [-0.1, -0.05) is 90.2 Å². The van der Waals surface area contributed by atoms with Crippen LogP contribution in [0.2, 0.25) is 13.1 Å². The van der Waals surface area contributed by atoms with Crippen LogP contribution in [0.3, 0.4) is 0 Å². The molecule has 2 aromatic carbocycles. The fraction of sp³-hybridized carbons (Fsp3) is 0.263. The summed E-state index contributed by atoms with van der Waals surface area (Å²) in [5, 5.41) is 12.0. The maximum absolute atomic E-state index is 9.05. The third-order valence-corrected chi connectivity index (χ3v) is 7.58. The second kappa shape index (κ2) is 7.39. The van der Waals surface area contributed by atoms with Crippen molar-refractivity contribution in [3.05, 3.63) is 72.3 Å². The molecule has 1 nitrogen and oxygen atoms in total. The molecule has 0 saturated heterocycles. The Labute approximate surface area is 129 Å². The number of aliphatic hydroxyl groups excluding tert-OH is 1. The van der Waals surface area contributed by atoms with Gasteiger partial charge in [-0.3, -0.25) is 0 Å². The average Bonchev–Trinajstić information content (AvgIpc) is 2.53. The largest absolute Gasteiger partial charge is 0.396 e. The van der Waals surface area contributed by atoms with E-state index in [2.05, 4.69) is 79.8 Å². The Bertz CT molecular complexity index is 573. The predicted molar refractivity (Wildman–Crippen MR) is 94.3 cm³/mol. The van der Waals surface area contributed by atoms with Gasteiger partial charge in [0.1, 0.15) is 8.07 Å². The van der Waals surface area contributed by atoms with Crippen LogP contribution in [0.4, 0.5) is 0 Å². The minimum absolute atomic E-state index is 0.256. The van der Waals surface area contributed by atoms with E-state index in [9.17, 15) is 0 Å². The number of hydrogen-bond acceptors (Lipinski definition) is 1. The van der Waals surface area contributed by atoms with Gasteiger partial charge in [-0.05, 0) is 18.4 Å². The van der Waals surface area contributed by atoms with Crippen LogP contribution in [-0.2, 0) is 0 Å². The van der Waals surface area contributed by atoms with Crippen molar-refractivity contribution in [2.75, 3.05) is 6.61 Å². The van der Waals surface area contributed by atoms with Crippen molar-refractivity contribution in [2.45, 2.75) is 25.9 Å². The summed E-state index contributed by atoms with van der Waals surface area (Å²) in [6.07, 6.45) is 4.10. The monoisotopic (exact) mass is 296 g/mol. The van der Waals surface area contributed by atoms with E-state index in [1.165, 1.54) is 15.9 Å². The standard InChI is InChI=1S/C19H24OSi/c1-21(2,18-13-7-4-8-14-18)19(15-9-10-16-20)17-11-5-3-6-12-17/h3-8,11-15,20H,9-10,16H2,1-2H3/b19-15-. The Morgan fingerprint density at radius 1 is 0.952 bits per heavy atom. The second-order valence-corrected chi connectivity index (χ2v) is 10.2. The quantitative estimate of drug-likeness (QED) is 0.631. The summed E-state index contributed by atoms with van der Waals surface area (Å²) < 4.78 is 0. The van der Waals surface area contributed by atoms with Crippen LogP contribution >= 0.6 is 0 Å². The Morgan fingerprint density at radius 2 is 1.52 bits per heavy atom. The zero-order valence-corrected chi connectivity index (χ0v) is 13.9. The summed E-state index contributed by atoms with van der Waals surface area (Å²) in [4.78, 5) is 0. The number of benzene rings is 2. The van der Waals surface area contributed by atoms with E-state index in [0.717, 1.165) is 12.8 Å². The van der Waals surface area contributed by atoms with Crippen molar-refractivity contribution in [2.24, 2.45) is 0 Å². The lowest BCUT2D eigenvalue weighted by molar-refractivity contribution is 0.289. The van der Waals surface area contributed by atoms with Crippen LogP contribution in [0.1, 0.15) is 18.4 Å². The van der Waals surface area contributed by atoms with E-state index in [1.54, 1.807) is 0 Å². The molecule has 0 aliphatic heterocycles. The first-order chi connectivity index (χ1) is 10.2. The van der Waals surface area contributed by atoms with E-state index in [-0.39, 0.29) is 6.61 Å². The van der Waals surface area contributed by atoms with Gasteiger partial charge in [-0.2, -0.15) is 0 Å². The van der Waals surface area contributed by atoms with E-state index in [0.29, 0.717) is 0 Å². The van der Waals surface area contributed by atoms with Gasteiger partial charge in [0.2, 0.25) is 0 Å². The van der Waals surface area contributed by atoms with Crippen LogP contribution in [0.5, 0.6) is 0 Å². The molecule has 0 unspecified atom stereocenters. The van der Waals surface area contributed by atoms with Gasteiger partial charge in [-0.15, -0.1) is 0 Å². The first kappa shape index (κ1) is 15.7. The van der Waals surface area contributed by atoms with Gasteiger partial charge >= 0.3 is 0 Å². The molecule has 0 aromatic heterocycles. The summed E-state index contributed by atoms with van der Waals surface area (Å²) in [7, 11) is -1.72. The molecule has 0 atom stereocenters. The van der Waals surface area contributed by atoms with Crippen molar-refractivity contribution in [3.63, 3.8) is 0 Å². The number of allylic oxidation sites excluding steroid dienone is 1. The third-order valence-electron chi connectivity index (χ3n) is 3.96. The SMILES string of the molecule is C[Si](C)(/C(=C\CCCO)c1ccccc1)c1ccccc1. The maximum Gasteiger partial charge on any atom is 0.112 e. The highest BCUT2D eigenvalue weighted by atomic mass is 28.3. The topological polar surface area (TPSA) is 20.2 Å². The lowest BCUT2D eigenvalue weighted by Crippen LogP contribution is -2.42. The summed E-state index contributed by atoms with van der Waals surface area (Å²) >= 11 is 0. The molecule has 0 heterocycles. The van der Waals surface area contributed by atoms with E-state index in [4.69, 9.17) is 5.11 Å². The van der Waals surface area contributed by atoms with Crippen LogP contribution in [0.25, 0.3) is 5.20 Å². The van der Waals surface area contributed by atoms with E-state index in [1.807, 2.05) is 0 Å². The van der Waals surface area contributed by atoms with E-state index < -0.39 is 8.07 Å². The molecule has 21 heavy (non-hydrogen) atoms. The van der Waals surface area contributed by atoms with Crippen molar-refractivity contribution in [1.82, 2.24) is 0 Å². The molecule has 0 aliphatic rings. The molecule has 0 aliphatic carbocycles. The fourth-order valence-electron chi connectivity index (χ4n) is 2.70. The molecular weight excluding hydrogens is 272 g/mol. The Balaban J connectivity index is 2.42. The zero-order chi connectivity index (χ0) is 15.1. The van der Waals surface area contributed by atoms with Gasteiger partial charge in [0.05, 0.1) is 0 Å². The van der Waals surface area contributed by atoms with Crippen LogP contribution in [0.15, 0.2) is 66.7 Å². The summed E-state index contributed by atoms with van der Waals surface area (Å²) in [6.45, 7) is 5.06. The average molecular weight is 296 g/mol. The fourth-order valence-corrected chi connectivity index (χ4v) is 5.58. The molecule has 0 amide bonds. The highest BCUT2D eigenvalue weighted by molar-refractivity contribution is 7.04. The first-order valence-electron chi connectivity index (χ1n) is 7.58. The predicted octanol–water partition coefficient (Wildman–Crippen LogP) is 4.00. The highest BCUT2D eigenvalue weighted by Crippen LogP contribution is 2.26. The number of hydrogen-bond donors (Lipinski definition) is 1. The summed E-state index contributed by atoms with van der Waals surface area (Å²) in [5.74, 6) is 0. The Morgan fingerprint density at radius 3 is 2.10 bits per heavy atom. The Kier molecular flexibility index (Phi) is 5.54. The van der Waals surface area contributed by atoms with E-state index >= 15 is 0 Å². The molecule has 110 valence electrons. The van der Waals surface area contributed by atoms with Gasteiger partial charge in [0, 0.05) is 6.61 Å². The lowest BCUT2D eigenvalue weighted by Gasteiger charge is -2.27. The molecule has 2 aromatic rings. The minimum atomic E-state index is -1.72. The summed E-state index contributed by atoms with van der Waals surface area (Å²) in [6, 6.07) is 21.5. The second-order valence-electron chi connectivity index (χ2n) is 5.84. The smallest absolute Gasteiger partial charge is 0.112 e. The Hall–Kier alpha value is -1.64. The first-order valence-corrected chi connectivity index (χ1v) is 10.6. The molecule has 0 fully saturated rings. The molecule has 0 bridgehead atoms. The number of unbranched alkanes of at least 4 members (excludes halogenated alkanes) is 1. The van der Waals surface area contributed by atoms with Crippen LogP contribution < -0.4 is 5.19 Å². The highest BCUT2D eigenvalue weighted by Gasteiger charge is 2.28. The molecule has 2 rings (SSSR count). The molecule has 2 heteroatoms. The molecule has 0 spiro atoms. The van der Waals surface area contributed by atoms with Gasteiger partial charge in [0.15, 0.2) is 0 Å². The molecule has 1 N–H and O–H groups in total. The lowest BCUT2D eigenvalue weighted by atomic mass is 10.2. The van der Waals surface area contributed by atoms with Gasteiger partial charge in [0.25, 0.3) is 0 Å². The summed E-state index contributed by atoms with van der Waals surface area (Å²) in [5.41, 5.74) is 1.32. The van der Waals surface area contributed by atoms with Crippen molar-refractivity contribution in [1.29, 1.82) is 0 Å². The normalized spacial score (nSPS) is 12.4. The zero-order valence-electron chi connectivity index (χ0n) is 12.9. The minimum Gasteiger partial charge on any atom is -0.396 e. The maximum atomic E-state index is 9.05. The van der Waals surface area contributed by atoms with Gasteiger partial charge in [-0.25, -0.2) is 0 Å². The number of rotatable bonds is 6. The molecule has 0 saturated carbocycles.